The second kappa shape index (κ2) is 11.2. The first-order valence-corrected chi connectivity index (χ1v) is 12.4. The molecule has 1 fully saturated rings. The number of epoxide rings is 1. The molecule has 174 valence electrons. The van der Waals surface area contributed by atoms with E-state index in [1.54, 1.807) is 0 Å². The molecule has 1 aliphatic rings. The molecule has 0 aliphatic carbocycles. The lowest BCUT2D eigenvalue weighted by Crippen LogP contribution is -2.21. The molecule has 0 aromatic heterocycles. The third kappa shape index (κ3) is 7.34. The van der Waals surface area contributed by atoms with Crippen molar-refractivity contribution in [1.29, 1.82) is 0 Å². The summed E-state index contributed by atoms with van der Waals surface area (Å²) in [6.07, 6.45) is -0.248. The summed E-state index contributed by atoms with van der Waals surface area (Å²) in [7, 11) is -3.81. The van der Waals surface area contributed by atoms with Crippen LogP contribution >= 0.6 is 7.82 Å². The monoisotopic (exact) mass is 468 g/mol. The molecular weight excluding hydrogens is 439 g/mol. The summed E-state index contributed by atoms with van der Waals surface area (Å²) in [4.78, 5) is 0. The number of benzene rings is 3. The highest BCUT2D eigenvalue weighted by Crippen LogP contribution is 2.52. The lowest BCUT2D eigenvalue weighted by Gasteiger charge is -2.18. The number of phosphoric ester groups is 1. The van der Waals surface area contributed by atoms with Gasteiger partial charge < -0.3 is 9.47 Å². The normalized spacial score (nSPS) is 20.0. The van der Waals surface area contributed by atoms with Gasteiger partial charge in [0.2, 0.25) is 0 Å². The van der Waals surface area contributed by atoms with Crippen LogP contribution < -0.4 is 0 Å². The average molecular weight is 468 g/mol. The van der Waals surface area contributed by atoms with Crippen molar-refractivity contribution in [2.75, 3.05) is 13.2 Å². The Hall–Kier alpha value is -2.31. The smallest absolute Gasteiger partial charge is 0.374 e. The highest BCUT2D eigenvalue weighted by atomic mass is 31.2. The molecule has 0 amide bonds. The molecular formula is C26H29O6P. The van der Waals surface area contributed by atoms with Gasteiger partial charge in [-0.2, -0.15) is 0 Å². The van der Waals surface area contributed by atoms with Gasteiger partial charge in [0.1, 0.15) is 11.7 Å². The van der Waals surface area contributed by atoms with E-state index in [4.69, 9.17) is 23.0 Å². The van der Waals surface area contributed by atoms with Crippen molar-refractivity contribution in [3.05, 3.63) is 108 Å². The molecule has 0 saturated carbocycles. The summed E-state index contributed by atoms with van der Waals surface area (Å²) in [5.74, 6) is 0. The molecule has 1 saturated heterocycles. The zero-order valence-electron chi connectivity index (χ0n) is 18.7. The Bertz CT molecular complexity index is 983. The van der Waals surface area contributed by atoms with Gasteiger partial charge in [-0.3, -0.25) is 13.6 Å². The van der Waals surface area contributed by atoms with E-state index in [1.165, 1.54) is 0 Å². The third-order valence-electron chi connectivity index (χ3n) is 5.38. The van der Waals surface area contributed by atoms with Crippen LogP contribution in [0.25, 0.3) is 0 Å². The van der Waals surface area contributed by atoms with E-state index in [9.17, 15) is 4.57 Å². The molecule has 0 spiro atoms. The van der Waals surface area contributed by atoms with Crippen molar-refractivity contribution in [1.82, 2.24) is 0 Å². The first-order chi connectivity index (χ1) is 16.0. The van der Waals surface area contributed by atoms with Crippen LogP contribution in [0.15, 0.2) is 91.0 Å². The summed E-state index contributed by atoms with van der Waals surface area (Å²) in [6, 6.07) is 29.0. The predicted octanol–water partition coefficient (Wildman–Crippen LogP) is 5.92. The van der Waals surface area contributed by atoms with Crippen LogP contribution in [0.1, 0.15) is 23.6 Å². The largest absolute Gasteiger partial charge is 0.475 e. The second-order valence-corrected chi connectivity index (χ2v) is 9.83. The molecule has 1 heterocycles. The Balaban J connectivity index is 1.29. The second-order valence-electron chi connectivity index (χ2n) is 8.16. The van der Waals surface area contributed by atoms with Crippen molar-refractivity contribution in [3.63, 3.8) is 0 Å². The minimum absolute atomic E-state index is 0.0893. The van der Waals surface area contributed by atoms with Gasteiger partial charge in [-0.15, -0.1) is 0 Å². The Kier molecular flexibility index (Phi) is 8.10. The number of ether oxygens (including phenoxy) is 2. The highest BCUT2D eigenvalue weighted by molar-refractivity contribution is 7.48. The van der Waals surface area contributed by atoms with Gasteiger partial charge in [0.15, 0.2) is 0 Å². The Morgan fingerprint density at radius 2 is 1.18 bits per heavy atom. The molecule has 0 bridgehead atoms. The first kappa shape index (κ1) is 23.8. The molecule has 3 aromatic rings. The number of rotatable bonds is 13. The molecule has 0 unspecified atom stereocenters. The van der Waals surface area contributed by atoms with Crippen molar-refractivity contribution >= 4 is 7.82 Å². The fourth-order valence-electron chi connectivity index (χ4n) is 3.30. The van der Waals surface area contributed by atoms with Crippen LogP contribution in [0.2, 0.25) is 0 Å². The van der Waals surface area contributed by atoms with Gasteiger partial charge in [-0.25, -0.2) is 4.57 Å². The fourth-order valence-corrected chi connectivity index (χ4v) is 4.46. The number of phosphoric acid groups is 1. The van der Waals surface area contributed by atoms with E-state index in [1.807, 2.05) is 97.9 Å². The van der Waals surface area contributed by atoms with Gasteiger partial charge in [-0.1, -0.05) is 91.0 Å². The van der Waals surface area contributed by atoms with Crippen LogP contribution in [0.3, 0.4) is 0 Å². The zero-order chi connectivity index (χ0) is 23.0. The van der Waals surface area contributed by atoms with Crippen LogP contribution in [0.4, 0.5) is 0 Å². The lowest BCUT2D eigenvalue weighted by molar-refractivity contribution is 0.0742. The van der Waals surface area contributed by atoms with Crippen LogP contribution in [0, 0.1) is 0 Å². The van der Waals surface area contributed by atoms with E-state index >= 15 is 0 Å². The van der Waals surface area contributed by atoms with Crippen molar-refractivity contribution < 1.29 is 27.6 Å². The summed E-state index contributed by atoms with van der Waals surface area (Å²) in [5.41, 5.74) is 2.37. The van der Waals surface area contributed by atoms with E-state index in [2.05, 4.69) is 0 Å². The average Bonchev–Trinajstić information content (AvgIpc) is 3.52. The third-order valence-corrected chi connectivity index (χ3v) is 6.74. The van der Waals surface area contributed by atoms with Crippen LogP contribution in [-0.4, -0.2) is 24.9 Å². The number of hydrogen-bond acceptors (Lipinski definition) is 6. The van der Waals surface area contributed by atoms with Gasteiger partial charge in [-0.05, 0) is 23.6 Å². The van der Waals surface area contributed by atoms with Gasteiger partial charge >= 0.3 is 7.82 Å². The molecule has 3 aromatic carbocycles. The standard InChI is InChI=1S/C26H29O6P/c1-26(21-28-17-22-11-5-2-6-12-22)25(32-26)20-31-33(27,29-18-23-13-7-3-8-14-23)30-19-24-15-9-4-10-16-24/h2-16,25H,17-21H2,1H3/t25-,26-/m1/s1. The molecule has 0 N–H and O–H groups in total. The summed E-state index contributed by atoms with van der Waals surface area (Å²) >= 11 is 0. The highest BCUT2D eigenvalue weighted by Gasteiger charge is 2.53. The van der Waals surface area contributed by atoms with Gasteiger partial charge in [0.25, 0.3) is 0 Å². The fraction of sp³-hybridized carbons (Fsp3) is 0.308. The van der Waals surface area contributed by atoms with E-state index < -0.39 is 13.4 Å². The van der Waals surface area contributed by atoms with Crippen LogP contribution in [-0.2, 0) is 47.4 Å². The SMILES string of the molecule is C[C@]1(COCc2ccccc2)O[C@@H]1COP(=O)(OCc1ccccc1)OCc1ccccc1. The minimum atomic E-state index is -3.81. The topological polar surface area (TPSA) is 66.5 Å². The van der Waals surface area contributed by atoms with E-state index in [0.29, 0.717) is 13.2 Å². The quantitative estimate of drug-likeness (QED) is 0.229. The first-order valence-electron chi connectivity index (χ1n) is 11.0. The summed E-state index contributed by atoms with van der Waals surface area (Å²) in [5, 5.41) is 0. The Morgan fingerprint density at radius 3 is 1.67 bits per heavy atom. The van der Waals surface area contributed by atoms with Crippen molar-refractivity contribution in [3.8, 4) is 0 Å². The van der Waals surface area contributed by atoms with Crippen LogP contribution in [0.5, 0.6) is 0 Å². The van der Waals surface area contributed by atoms with Crippen molar-refractivity contribution in [2.45, 2.75) is 38.4 Å². The molecule has 33 heavy (non-hydrogen) atoms. The molecule has 2 atom stereocenters. The van der Waals surface area contributed by atoms with Crippen molar-refractivity contribution in [2.24, 2.45) is 0 Å². The molecule has 0 radical (unpaired) electrons. The minimum Gasteiger partial charge on any atom is -0.374 e. The predicted molar refractivity (Wildman–Crippen MR) is 125 cm³/mol. The molecule has 6 nitrogen and oxygen atoms in total. The Labute approximate surface area is 195 Å². The maximum absolute atomic E-state index is 13.3. The molecule has 7 heteroatoms. The van der Waals surface area contributed by atoms with E-state index in [-0.39, 0.29) is 25.9 Å². The summed E-state index contributed by atoms with van der Waals surface area (Å²) in [6.45, 7) is 3.20. The summed E-state index contributed by atoms with van der Waals surface area (Å²) < 4.78 is 41.9. The lowest BCUT2D eigenvalue weighted by atomic mass is 10.1. The molecule has 1 aliphatic heterocycles. The maximum Gasteiger partial charge on any atom is 0.475 e. The van der Waals surface area contributed by atoms with E-state index in [0.717, 1.165) is 16.7 Å². The Morgan fingerprint density at radius 1 is 0.727 bits per heavy atom. The van der Waals surface area contributed by atoms with Gasteiger partial charge in [0, 0.05) is 0 Å². The molecule has 4 rings (SSSR count). The zero-order valence-corrected chi connectivity index (χ0v) is 19.6. The van der Waals surface area contributed by atoms with Gasteiger partial charge in [0.05, 0.1) is 33.0 Å². The maximum atomic E-state index is 13.3. The number of hydrogen-bond donors (Lipinski definition) is 0.